The topological polar surface area (TPSA) is 64.1 Å². The summed E-state index contributed by atoms with van der Waals surface area (Å²) in [7, 11) is 0. The summed E-state index contributed by atoms with van der Waals surface area (Å²) in [6.45, 7) is 0.465. The molecule has 1 aliphatic rings. The highest BCUT2D eigenvalue weighted by molar-refractivity contribution is 5.42. The summed E-state index contributed by atoms with van der Waals surface area (Å²) in [5.41, 5.74) is 1.09. The molecule has 1 N–H and O–H groups in total. The van der Waals surface area contributed by atoms with Crippen LogP contribution < -0.4 is 5.32 Å². The monoisotopic (exact) mass is 327 g/mol. The molecule has 1 atom stereocenters. The molecule has 0 bridgehead atoms. The lowest BCUT2D eigenvalue weighted by molar-refractivity contribution is 0.225. The first kappa shape index (κ1) is 15.1. The molecule has 4 rings (SSSR count). The molecule has 0 radical (unpaired) electrons. The van der Waals surface area contributed by atoms with Crippen LogP contribution in [0.5, 0.6) is 0 Å². The van der Waals surface area contributed by atoms with Gasteiger partial charge in [-0.3, -0.25) is 0 Å². The molecule has 24 heavy (non-hydrogen) atoms. The van der Waals surface area contributed by atoms with Crippen molar-refractivity contribution < 1.29 is 13.2 Å². The van der Waals surface area contributed by atoms with Gasteiger partial charge in [-0.2, -0.15) is 0 Å². The van der Waals surface area contributed by atoms with Gasteiger partial charge in [0, 0.05) is 6.04 Å². The minimum Gasteiger partial charge on any atom is -0.459 e. The fourth-order valence-electron chi connectivity index (χ4n) is 3.02. The lowest BCUT2D eigenvalue weighted by Crippen LogP contribution is -2.32. The van der Waals surface area contributed by atoms with E-state index in [0.717, 1.165) is 5.56 Å². The van der Waals surface area contributed by atoms with E-state index in [-0.39, 0.29) is 11.9 Å². The van der Waals surface area contributed by atoms with Crippen LogP contribution in [-0.2, 0) is 6.54 Å². The maximum Gasteiger partial charge on any atom is 0.283 e. The molecule has 0 amide bonds. The molecular weight excluding hydrogens is 309 g/mol. The van der Waals surface area contributed by atoms with E-state index in [4.69, 9.17) is 8.83 Å². The van der Waals surface area contributed by atoms with E-state index in [1.165, 1.54) is 31.4 Å². The smallest absolute Gasteiger partial charge is 0.283 e. The Kier molecular flexibility index (Phi) is 4.13. The minimum absolute atomic E-state index is 0.165. The summed E-state index contributed by atoms with van der Waals surface area (Å²) in [5, 5.41) is 11.5. The Morgan fingerprint density at radius 1 is 1.17 bits per heavy atom. The molecule has 1 aliphatic carbocycles. The maximum atomic E-state index is 13.2. The molecular formula is C18H18FN3O2. The molecule has 1 saturated carbocycles. The van der Waals surface area contributed by atoms with E-state index in [1.54, 1.807) is 18.4 Å². The Morgan fingerprint density at radius 2 is 2.00 bits per heavy atom. The van der Waals surface area contributed by atoms with Crippen molar-refractivity contribution in [2.75, 3.05) is 0 Å². The van der Waals surface area contributed by atoms with Gasteiger partial charge in [0.15, 0.2) is 5.76 Å². The van der Waals surface area contributed by atoms with Crippen molar-refractivity contribution in [2.24, 2.45) is 5.92 Å². The lowest BCUT2D eigenvalue weighted by atomic mass is 9.77. The van der Waals surface area contributed by atoms with Crippen LogP contribution in [0, 0.1) is 11.7 Å². The molecule has 1 fully saturated rings. The number of hydrogen-bond donors (Lipinski definition) is 1. The van der Waals surface area contributed by atoms with Gasteiger partial charge in [0.05, 0.1) is 12.8 Å². The largest absolute Gasteiger partial charge is 0.459 e. The van der Waals surface area contributed by atoms with Crippen LogP contribution in [0.2, 0.25) is 0 Å². The Bertz CT molecular complexity index is 779. The second-order valence-corrected chi connectivity index (χ2v) is 6.08. The third-order valence-electron chi connectivity index (χ3n) is 4.52. The number of nitrogens with zero attached hydrogens (tertiary/aromatic N) is 2. The van der Waals surface area contributed by atoms with Crippen molar-refractivity contribution in [3.8, 4) is 11.7 Å². The Labute approximate surface area is 138 Å². The molecule has 0 saturated heterocycles. The quantitative estimate of drug-likeness (QED) is 0.738. The van der Waals surface area contributed by atoms with E-state index in [9.17, 15) is 4.39 Å². The fraction of sp³-hybridized carbons (Fsp3) is 0.333. The van der Waals surface area contributed by atoms with E-state index in [1.807, 2.05) is 12.1 Å². The fourth-order valence-corrected chi connectivity index (χ4v) is 3.02. The standard InChI is InChI=1S/C18H18FN3O2/c19-14-8-6-13(7-9-14)17(12-3-1-4-12)20-11-16-21-22-18(24-16)15-5-2-10-23-15/h2,5-10,12,17,20H,1,3-4,11H2/t17-/m0/s1. The number of hydrogen-bond acceptors (Lipinski definition) is 5. The Hall–Kier alpha value is -2.47. The number of nitrogens with one attached hydrogen (secondary N) is 1. The SMILES string of the molecule is Fc1ccc([C@@H](NCc2nnc(-c3ccco3)o2)C2CCC2)cc1. The Morgan fingerprint density at radius 3 is 2.67 bits per heavy atom. The number of benzene rings is 1. The first-order valence-corrected chi connectivity index (χ1v) is 8.15. The zero-order valence-corrected chi connectivity index (χ0v) is 13.1. The van der Waals surface area contributed by atoms with Crippen LogP contribution in [0.3, 0.4) is 0 Å². The molecule has 0 spiro atoms. The van der Waals surface area contributed by atoms with Crippen LogP contribution >= 0.6 is 0 Å². The Balaban J connectivity index is 1.46. The van der Waals surface area contributed by atoms with Crippen LogP contribution in [0.1, 0.15) is 36.8 Å². The van der Waals surface area contributed by atoms with E-state index >= 15 is 0 Å². The average molecular weight is 327 g/mol. The van der Waals surface area contributed by atoms with Crippen molar-refractivity contribution >= 4 is 0 Å². The molecule has 2 heterocycles. The number of aromatic nitrogens is 2. The first-order valence-electron chi connectivity index (χ1n) is 8.15. The second kappa shape index (κ2) is 6.57. The second-order valence-electron chi connectivity index (χ2n) is 6.08. The minimum atomic E-state index is -0.217. The molecule has 3 aromatic rings. The summed E-state index contributed by atoms with van der Waals surface area (Å²) >= 11 is 0. The predicted octanol–water partition coefficient (Wildman–Crippen LogP) is 4.10. The highest BCUT2D eigenvalue weighted by Gasteiger charge is 2.28. The molecule has 1 aromatic carbocycles. The van der Waals surface area contributed by atoms with Gasteiger partial charge in [0.2, 0.25) is 5.89 Å². The van der Waals surface area contributed by atoms with Gasteiger partial charge >= 0.3 is 0 Å². The number of rotatable bonds is 6. The predicted molar refractivity (Wildman–Crippen MR) is 85.3 cm³/mol. The normalized spacial score (nSPS) is 16.0. The van der Waals surface area contributed by atoms with E-state index in [0.29, 0.717) is 30.0 Å². The molecule has 124 valence electrons. The lowest BCUT2D eigenvalue weighted by Gasteiger charge is -2.34. The van der Waals surface area contributed by atoms with Crippen molar-refractivity contribution in [3.63, 3.8) is 0 Å². The molecule has 0 aliphatic heterocycles. The molecule has 5 nitrogen and oxygen atoms in total. The van der Waals surface area contributed by atoms with Crippen molar-refractivity contribution in [1.82, 2.24) is 15.5 Å². The van der Waals surface area contributed by atoms with Gasteiger partial charge in [0.25, 0.3) is 5.89 Å². The van der Waals surface area contributed by atoms with Crippen LogP contribution in [0.4, 0.5) is 4.39 Å². The van der Waals surface area contributed by atoms with E-state index in [2.05, 4.69) is 15.5 Å². The summed E-state index contributed by atoms with van der Waals surface area (Å²) in [4.78, 5) is 0. The van der Waals surface area contributed by atoms with Crippen molar-refractivity contribution in [2.45, 2.75) is 31.8 Å². The van der Waals surface area contributed by atoms with Gasteiger partial charge in [-0.15, -0.1) is 10.2 Å². The van der Waals surface area contributed by atoms with Gasteiger partial charge in [0.1, 0.15) is 5.82 Å². The number of halogens is 1. The van der Waals surface area contributed by atoms with Crippen molar-refractivity contribution in [1.29, 1.82) is 0 Å². The highest BCUT2D eigenvalue weighted by atomic mass is 19.1. The van der Waals surface area contributed by atoms with Crippen LogP contribution in [-0.4, -0.2) is 10.2 Å². The average Bonchev–Trinajstić information content (AvgIpc) is 3.21. The van der Waals surface area contributed by atoms with E-state index < -0.39 is 0 Å². The highest BCUT2D eigenvalue weighted by Crippen LogP contribution is 2.38. The van der Waals surface area contributed by atoms with Gasteiger partial charge in [-0.05, 0) is 48.6 Å². The van der Waals surface area contributed by atoms with Crippen LogP contribution in [0.15, 0.2) is 51.5 Å². The van der Waals surface area contributed by atoms with Gasteiger partial charge < -0.3 is 14.2 Å². The van der Waals surface area contributed by atoms with Crippen LogP contribution in [0.25, 0.3) is 11.7 Å². The van der Waals surface area contributed by atoms with Crippen molar-refractivity contribution in [3.05, 3.63) is 59.9 Å². The van der Waals surface area contributed by atoms with Gasteiger partial charge in [-0.1, -0.05) is 18.6 Å². The first-order chi connectivity index (χ1) is 11.8. The third-order valence-corrected chi connectivity index (χ3v) is 4.52. The summed E-state index contributed by atoms with van der Waals surface area (Å²) in [6.07, 6.45) is 5.17. The summed E-state index contributed by atoms with van der Waals surface area (Å²) in [6, 6.07) is 10.4. The number of furan rings is 1. The molecule has 0 unspecified atom stereocenters. The summed E-state index contributed by atoms with van der Waals surface area (Å²) in [5.74, 6) is 1.78. The zero-order chi connectivity index (χ0) is 16.4. The zero-order valence-electron chi connectivity index (χ0n) is 13.1. The van der Waals surface area contributed by atoms with Gasteiger partial charge in [-0.25, -0.2) is 4.39 Å². The third kappa shape index (κ3) is 3.10. The molecule has 6 heteroatoms. The maximum absolute atomic E-state index is 13.2. The molecule has 2 aromatic heterocycles. The summed E-state index contributed by atoms with van der Waals surface area (Å²) < 4.78 is 24.1.